The highest BCUT2D eigenvalue weighted by Crippen LogP contribution is 2.29. The van der Waals surface area contributed by atoms with Crippen molar-refractivity contribution in [2.45, 2.75) is 6.92 Å². The molecule has 0 unspecified atom stereocenters. The number of amides is 1. The quantitative estimate of drug-likeness (QED) is 0.800. The van der Waals surface area contributed by atoms with Crippen LogP contribution in [0.5, 0.6) is 0 Å². The Morgan fingerprint density at radius 2 is 2.00 bits per heavy atom. The summed E-state index contributed by atoms with van der Waals surface area (Å²) in [5.41, 5.74) is 1.85. The van der Waals surface area contributed by atoms with Gasteiger partial charge in [-0.05, 0) is 62.5 Å². The zero-order chi connectivity index (χ0) is 12.4. The minimum absolute atomic E-state index is 0.0873. The lowest BCUT2D eigenvalue weighted by molar-refractivity contribution is 0.103. The van der Waals surface area contributed by atoms with Crippen molar-refractivity contribution in [2.75, 3.05) is 5.32 Å². The summed E-state index contributed by atoms with van der Waals surface area (Å²) in [6.45, 7) is 1.97. The third kappa shape index (κ3) is 2.97. The number of hydrogen-bond donors (Lipinski definition) is 1. The van der Waals surface area contributed by atoms with E-state index in [9.17, 15) is 4.79 Å². The highest BCUT2D eigenvalue weighted by Gasteiger charge is 2.12. The number of halogens is 2. The van der Waals surface area contributed by atoms with Gasteiger partial charge in [0, 0.05) is 4.47 Å². The van der Waals surface area contributed by atoms with Gasteiger partial charge in [-0.15, -0.1) is 11.3 Å². The minimum atomic E-state index is -0.0873. The van der Waals surface area contributed by atoms with Crippen LogP contribution in [0.15, 0.2) is 38.6 Å². The summed E-state index contributed by atoms with van der Waals surface area (Å²) in [5, 5.41) is 2.87. The van der Waals surface area contributed by atoms with Crippen LogP contribution in [0.2, 0.25) is 0 Å². The van der Waals surface area contributed by atoms with Crippen LogP contribution in [0.1, 0.15) is 15.2 Å². The predicted molar refractivity (Wildman–Crippen MR) is 78.9 cm³/mol. The number of rotatable bonds is 2. The van der Waals surface area contributed by atoms with Crippen LogP contribution in [-0.4, -0.2) is 5.91 Å². The molecule has 0 aliphatic heterocycles. The number of aryl methyl sites for hydroxylation is 1. The average molecular weight is 375 g/mol. The Balaban J connectivity index is 2.20. The molecular formula is C12H9Br2NOS. The van der Waals surface area contributed by atoms with E-state index in [4.69, 9.17) is 0 Å². The van der Waals surface area contributed by atoms with Crippen molar-refractivity contribution in [1.29, 1.82) is 0 Å². The number of carbonyl (C=O) groups excluding carboxylic acids is 1. The molecule has 0 spiro atoms. The summed E-state index contributed by atoms with van der Waals surface area (Å²) >= 11 is 8.25. The molecule has 0 saturated heterocycles. The van der Waals surface area contributed by atoms with Crippen LogP contribution < -0.4 is 5.32 Å². The maximum absolute atomic E-state index is 12.0. The lowest BCUT2D eigenvalue weighted by Crippen LogP contribution is -2.10. The van der Waals surface area contributed by atoms with Gasteiger partial charge in [-0.1, -0.05) is 12.1 Å². The topological polar surface area (TPSA) is 29.1 Å². The zero-order valence-electron chi connectivity index (χ0n) is 8.96. The standard InChI is InChI=1S/C12H9Br2NOS/c1-7-6-10(17-11(7)14)12(16)15-9-5-3-2-4-8(9)13/h2-6H,1H3,(H,15,16). The molecule has 5 heteroatoms. The maximum atomic E-state index is 12.0. The number of carbonyl (C=O) groups is 1. The SMILES string of the molecule is Cc1cc(C(=O)Nc2ccccc2Br)sc1Br. The third-order valence-corrected chi connectivity index (χ3v) is 5.03. The molecule has 17 heavy (non-hydrogen) atoms. The normalized spacial score (nSPS) is 10.3. The Kier molecular flexibility index (Phi) is 4.01. The second-order valence-electron chi connectivity index (χ2n) is 3.50. The van der Waals surface area contributed by atoms with Crippen LogP contribution in [0, 0.1) is 6.92 Å². The molecule has 0 saturated carbocycles. The largest absolute Gasteiger partial charge is 0.320 e. The summed E-state index contributed by atoms with van der Waals surface area (Å²) in [6, 6.07) is 9.42. The Labute approximate surface area is 120 Å². The molecule has 2 aromatic rings. The van der Waals surface area contributed by atoms with Gasteiger partial charge in [0.2, 0.25) is 0 Å². The molecule has 0 aliphatic carbocycles. The lowest BCUT2D eigenvalue weighted by Gasteiger charge is -2.05. The van der Waals surface area contributed by atoms with E-state index in [0.717, 1.165) is 19.5 Å². The van der Waals surface area contributed by atoms with E-state index in [2.05, 4.69) is 37.2 Å². The fraction of sp³-hybridized carbons (Fsp3) is 0.0833. The number of hydrogen-bond acceptors (Lipinski definition) is 2. The second-order valence-corrected chi connectivity index (χ2v) is 6.73. The molecule has 0 fully saturated rings. The summed E-state index contributed by atoms with van der Waals surface area (Å²) in [5.74, 6) is -0.0873. The molecule has 0 radical (unpaired) electrons. The van der Waals surface area contributed by atoms with Crippen molar-refractivity contribution >= 4 is 54.8 Å². The zero-order valence-corrected chi connectivity index (χ0v) is 12.9. The first-order valence-electron chi connectivity index (χ1n) is 4.90. The van der Waals surface area contributed by atoms with Crippen LogP contribution in [0.25, 0.3) is 0 Å². The first kappa shape index (κ1) is 12.8. The van der Waals surface area contributed by atoms with E-state index < -0.39 is 0 Å². The van der Waals surface area contributed by atoms with Gasteiger partial charge in [-0.3, -0.25) is 4.79 Å². The minimum Gasteiger partial charge on any atom is -0.320 e. The van der Waals surface area contributed by atoms with Crippen LogP contribution >= 0.6 is 43.2 Å². The fourth-order valence-corrected chi connectivity index (χ4v) is 3.13. The van der Waals surface area contributed by atoms with Crippen LogP contribution in [0.3, 0.4) is 0 Å². The van der Waals surface area contributed by atoms with E-state index in [1.54, 1.807) is 0 Å². The average Bonchev–Trinajstić information content (AvgIpc) is 2.63. The fourth-order valence-electron chi connectivity index (χ4n) is 1.32. The van der Waals surface area contributed by atoms with E-state index in [1.165, 1.54) is 11.3 Å². The Bertz CT molecular complexity index is 546. The van der Waals surface area contributed by atoms with Crippen molar-refractivity contribution in [3.8, 4) is 0 Å². The van der Waals surface area contributed by atoms with Crippen molar-refractivity contribution < 1.29 is 4.79 Å². The van der Waals surface area contributed by atoms with Crippen LogP contribution in [0.4, 0.5) is 5.69 Å². The van der Waals surface area contributed by atoms with Crippen molar-refractivity contribution in [1.82, 2.24) is 0 Å². The van der Waals surface area contributed by atoms with E-state index in [0.29, 0.717) is 4.88 Å². The van der Waals surface area contributed by atoms with Gasteiger partial charge in [0.1, 0.15) is 0 Å². The molecule has 0 aliphatic rings. The Hall–Kier alpha value is -0.650. The molecule has 1 aromatic carbocycles. The monoisotopic (exact) mass is 373 g/mol. The number of nitrogens with one attached hydrogen (secondary N) is 1. The summed E-state index contributed by atoms with van der Waals surface area (Å²) in [7, 11) is 0. The highest BCUT2D eigenvalue weighted by atomic mass is 79.9. The van der Waals surface area contributed by atoms with Crippen molar-refractivity contribution in [3.05, 3.63) is 49.0 Å². The van der Waals surface area contributed by atoms with Gasteiger partial charge < -0.3 is 5.32 Å². The van der Waals surface area contributed by atoms with E-state index >= 15 is 0 Å². The molecule has 1 heterocycles. The smallest absolute Gasteiger partial charge is 0.265 e. The van der Waals surface area contributed by atoms with Gasteiger partial charge in [0.25, 0.3) is 5.91 Å². The molecule has 0 atom stereocenters. The maximum Gasteiger partial charge on any atom is 0.265 e. The number of para-hydroxylation sites is 1. The second kappa shape index (κ2) is 5.33. The third-order valence-electron chi connectivity index (χ3n) is 2.20. The summed E-state index contributed by atoms with van der Waals surface area (Å²) in [6.07, 6.45) is 0. The molecule has 1 N–H and O–H groups in total. The van der Waals surface area contributed by atoms with Gasteiger partial charge in [0.15, 0.2) is 0 Å². The van der Waals surface area contributed by atoms with E-state index in [1.807, 2.05) is 37.3 Å². The number of benzene rings is 1. The molecule has 2 nitrogen and oxygen atoms in total. The predicted octanol–water partition coefficient (Wildman–Crippen LogP) is 4.83. The van der Waals surface area contributed by atoms with Gasteiger partial charge in [-0.2, -0.15) is 0 Å². The Morgan fingerprint density at radius 3 is 2.59 bits per heavy atom. The van der Waals surface area contributed by atoms with Crippen molar-refractivity contribution in [3.63, 3.8) is 0 Å². The molecule has 2 rings (SSSR count). The number of thiophene rings is 1. The Morgan fingerprint density at radius 1 is 1.29 bits per heavy atom. The molecule has 1 amide bonds. The molecule has 0 bridgehead atoms. The van der Waals surface area contributed by atoms with Gasteiger partial charge in [-0.25, -0.2) is 0 Å². The summed E-state index contributed by atoms with van der Waals surface area (Å²) in [4.78, 5) is 12.7. The van der Waals surface area contributed by atoms with E-state index in [-0.39, 0.29) is 5.91 Å². The first-order valence-corrected chi connectivity index (χ1v) is 7.30. The number of anilines is 1. The van der Waals surface area contributed by atoms with Crippen LogP contribution in [-0.2, 0) is 0 Å². The highest BCUT2D eigenvalue weighted by molar-refractivity contribution is 9.11. The molecule has 1 aromatic heterocycles. The summed E-state index contributed by atoms with van der Waals surface area (Å²) < 4.78 is 1.87. The van der Waals surface area contributed by atoms with Gasteiger partial charge >= 0.3 is 0 Å². The first-order chi connectivity index (χ1) is 8.08. The molecular weight excluding hydrogens is 366 g/mol. The van der Waals surface area contributed by atoms with Gasteiger partial charge in [0.05, 0.1) is 14.4 Å². The van der Waals surface area contributed by atoms with Crippen molar-refractivity contribution in [2.24, 2.45) is 0 Å². The lowest BCUT2D eigenvalue weighted by atomic mass is 10.3. The molecule has 88 valence electrons.